The van der Waals surface area contributed by atoms with Crippen molar-refractivity contribution < 1.29 is 27.1 Å². The molecule has 2 aromatic carbocycles. The molecule has 1 aliphatic rings. The molecule has 1 aliphatic heterocycles. The third-order valence-corrected chi connectivity index (χ3v) is 8.85. The van der Waals surface area contributed by atoms with Crippen molar-refractivity contribution in [2.45, 2.75) is 36.5 Å². The van der Waals surface area contributed by atoms with Crippen molar-refractivity contribution in [1.82, 2.24) is 0 Å². The number of thioether (sulfide) groups is 1. The monoisotopic (exact) mass is 493 g/mol. The van der Waals surface area contributed by atoms with Gasteiger partial charge in [-0.2, -0.15) is 4.39 Å². The van der Waals surface area contributed by atoms with Gasteiger partial charge in [0.2, 0.25) is 5.83 Å². The van der Waals surface area contributed by atoms with Crippen molar-refractivity contribution in [3.63, 3.8) is 0 Å². The Balaban J connectivity index is 2.22. The lowest BCUT2D eigenvalue weighted by Crippen LogP contribution is -2.37. The molecular formula is C24H28FNO5S2. The summed E-state index contributed by atoms with van der Waals surface area (Å²) in [6, 6.07) is 12.8. The molecule has 0 amide bonds. The van der Waals surface area contributed by atoms with Crippen molar-refractivity contribution >= 4 is 38.9 Å². The molecule has 0 aromatic heterocycles. The highest BCUT2D eigenvalue weighted by molar-refractivity contribution is 7.98. The van der Waals surface area contributed by atoms with Gasteiger partial charge in [0, 0.05) is 23.7 Å². The van der Waals surface area contributed by atoms with Crippen LogP contribution in [0.5, 0.6) is 5.75 Å². The molecule has 6 nitrogen and oxygen atoms in total. The van der Waals surface area contributed by atoms with Crippen molar-refractivity contribution in [2.24, 2.45) is 5.41 Å². The van der Waals surface area contributed by atoms with Crippen LogP contribution in [0.1, 0.15) is 26.7 Å². The average molecular weight is 494 g/mol. The first kappa shape index (κ1) is 25.1. The lowest BCUT2D eigenvalue weighted by Gasteiger charge is -2.35. The van der Waals surface area contributed by atoms with Crippen LogP contribution in [-0.4, -0.2) is 40.1 Å². The third kappa shape index (κ3) is 5.19. The van der Waals surface area contributed by atoms with Gasteiger partial charge < -0.3 is 14.4 Å². The Hall–Kier alpha value is -2.52. The summed E-state index contributed by atoms with van der Waals surface area (Å²) in [4.78, 5) is 14.1. The number of carbonyl (C=O) groups is 1. The van der Waals surface area contributed by atoms with Crippen LogP contribution < -0.4 is 9.64 Å². The zero-order valence-electron chi connectivity index (χ0n) is 19.1. The quantitative estimate of drug-likeness (QED) is 0.218. The number of esters is 1. The lowest BCUT2D eigenvalue weighted by atomic mass is 9.83. The molecule has 0 fully saturated rings. The SMILES string of the molecule is CCC1(CC)CN(c2ccccc2)c2cc(SC)c(O/C=C(\F)C(=O)OC)cc2S(=O)(=O)C1. The van der Waals surface area contributed by atoms with E-state index in [1.54, 1.807) is 6.07 Å². The van der Waals surface area contributed by atoms with Crippen molar-refractivity contribution in [3.8, 4) is 5.75 Å². The first-order valence-electron chi connectivity index (χ1n) is 10.6. The van der Waals surface area contributed by atoms with E-state index in [1.807, 2.05) is 55.3 Å². The molecule has 0 saturated carbocycles. The average Bonchev–Trinajstić information content (AvgIpc) is 2.93. The number of nitrogens with zero attached hydrogens (tertiary/aromatic N) is 1. The molecule has 0 unspecified atom stereocenters. The topological polar surface area (TPSA) is 72.9 Å². The molecule has 9 heteroatoms. The van der Waals surface area contributed by atoms with E-state index < -0.39 is 27.0 Å². The second kappa shape index (κ2) is 10.2. The molecule has 0 N–H and O–H groups in total. The van der Waals surface area contributed by atoms with E-state index in [9.17, 15) is 17.6 Å². The van der Waals surface area contributed by atoms with Gasteiger partial charge in [-0.15, -0.1) is 11.8 Å². The Kier molecular flexibility index (Phi) is 7.74. The van der Waals surface area contributed by atoms with E-state index in [-0.39, 0.29) is 16.4 Å². The summed E-state index contributed by atoms with van der Waals surface area (Å²) in [5, 5.41) is 0. The summed E-state index contributed by atoms with van der Waals surface area (Å²) in [6.45, 7) is 4.57. The molecule has 2 aromatic rings. The summed E-state index contributed by atoms with van der Waals surface area (Å²) >= 11 is 1.34. The maximum absolute atomic E-state index is 13.9. The molecule has 178 valence electrons. The molecule has 3 rings (SSSR count). The maximum Gasteiger partial charge on any atom is 0.370 e. The van der Waals surface area contributed by atoms with Crippen molar-refractivity contribution in [3.05, 3.63) is 54.6 Å². The molecule has 0 saturated heterocycles. The number of benzene rings is 2. The first-order valence-corrected chi connectivity index (χ1v) is 13.5. The van der Waals surface area contributed by atoms with E-state index >= 15 is 0 Å². The number of hydrogen-bond donors (Lipinski definition) is 0. The van der Waals surface area contributed by atoms with Crippen LogP contribution in [0.4, 0.5) is 15.8 Å². The minimum absolute atomic E-state index is 0.00620. The molecular weight excluding hydrogens is 465 g/mol. The van der Waals surface area contributed by atoms with Crippen molar-refractivity contribution in [1.29, 1.82) is 0 Å². The predicted molar refractivity (Wildman–Crippen MR) is 129 cm³/mol. The van der Waals surface area contributed by atoms with Crippen molar-refractivity contribution in [2.75, 3.05) is 30.6 Å². The molecule has 1 heterocycles. The van der Waals surface area contributed by atoms with Crippen LogP contribution in [0.2, 0.25) is 0 Å². The Bertz CT molecular complexity index is 1140. The number of halogens is 1. The smallest absolute Gasteiger partial charge is 0.370 e. The van der Waals surface area contributed by atoms with Gasteiger partial charge in [-0.05, 0) is 37.3 Å². The molecule has 0 bridgehead atoms. The maximum atomic E-state index is 13.9. The van der Waals surface area contributed by atoms with Gasteiger partial charge in [0.25, 0.3) is 0 Å². The van der Waals surface area contributed by atoms with Crippen LogP contribution in [0.15, 0.2) is 64.3 Å². The normalized spacial score (nSPS) is 17.1. The minimum atomic E-state index is -3.70. The summed E-state index contributed by atoms with van der Waals surface area (Å²) in [7, 11) is -2.64. The second-order valence-electron chi connectivity index (χ2n) is 7.93. The van der Waals surface area contributed by atoms with E-state index in [2.05, 4.69) is 4.74 Å². The van der Waals surface area contributed by atoms with E-state index in [0.29, 0.717) is 36.2 Å². The third-order valence-electron chi connectivity index (χ3n) is 6.10. The minimum Gasteiger partial charge on any atom is -0.464 e. The first-order chi connectivity index (χ1) is 15.7. The van der Waals surface area contributed by atoms with Gasteiger partial charge in [0.1, 0.15) is 12.0 Å². The highest BCUT2D eigenvalue weighted by Crippen LogP contribution is 2.46. The van der Waals surface area contributed by atoms with Crippen LogP contribution in [0, 0.1) is 5.41 Å². The molecule has 0 atom stereocenters. The van der Waals surface area contributed by atoms with E-state index in [0.717, 1.165) is 12.8 Å². The number of methoxy groups -OCH3 is 1. The van der Waals surface area contributed by atoms with Gasteiger partial charge in [0.05, 0.1) is 28.3 Å². The molecule has 0 aliphatic carbocycles. The molecule has 0 radical (unpaired) electrons. The highest BCUT2D eigenvalue weighted by atomic mass is 32.2. The van der Waals surface area contributed by atoms with E-state index in [4.69, 9.17) is 4.74 Å². The van der Waals surface area contributed by atoms with Gasteiger partial charge >= 0.3 is 5.97 Å². The van der Waals surface area contributed by atoms with E-state index in [1.165, 1.54) is 17.8 Å². The Labute approximate surface area is 198 Å². The summed E-state index contributed by atoms with van der Waals surface area (Å²) < 4.78 is 50.8. The Morgan fingerprint density at radius 2 is 1.88 bits per heavy atom. The zero-order chi connectivity index (χ0) is 24.2. The Morgan fingerprint density at radius 1 is 1.21 bits per heavy atom. The number of ether oxygens (including phenoxy) is 2. The fourth-order valence-electron chi connectivity index (χ4n) is 3.97. The zero-order valence-corrected chi connectivity index (χ0v) is 20.8. The van der Waals surface area contributed by atoms with Gasteiger partial charge in [-0.1, -0.05) is 32.0 Å². The number of hydrogen-bond acceptors (Lipinski definition) is 7. The number of fused-ring (bicyclic) bond motifs is 1. The molecule has 0 spiro atoms. The van der Waals surface area contributed by atoms with Crippen LogP contribution in [0.25, 0.3) is 0 Å². The summed E-state index contributed by atoms with van der Waals surface area (Å²) in [5.74, 6) is -2.25. The number of para-hydroxylation sites is 1. The van der Waals surface area contributed by atoms with Gasteiger partial charge in [-0.3, -0.25) is 0 Å². The number of anilines is 2. The highest BCUT2D eigenvalue weighted by Gasteiger charge is 2.41. The van der Waals surface area contributed by atoms with Gasteiger partial charge in [0.15, 0.2) is 9.84 Å². The van der Waals surface area contributed by atoms with Gasteiger partial charge in [-0.25, -0.2) is 13.2 Å². The fraction of sp³-hybridized carbons (Fsp3) is 0.375. The molecule has 33 heavy (non-hydrogen) atoms. The summed E-state index contributed by atoms with van der Waals surface area (Å²) in [6.07, 6.45) is 3.85. The number of carbonyl (C=O) groups excluding carboxylic acids is 1. The standard InChI is InChI=1S/C24H28FNO5S2/c1-5-24(6-2)15-26(17-10-8-7-9-11-17)19-12-21(32-4)20(13-22(19)33(28,29)16-24)31-14-18(25)23(27)30-3/h7-14H,5-6,15-16H2,1-4H3/b18-14-. The number of rotatable bonds is 7. The lowest BCUT2D eigenvalue weighted by molar-refractivity contribution is -0.137. The number of sulfone groups is 1. The van der Waals surface area contributed by atoms with Crippen LogP contribution in [-0.2, 0) is 19.4 Å². The van der Waals surface area contributed by atoms with Crippen LogP contribution in [0.3, 0.4) is 0 Å². The second-order valence-corrected chi connectivity index (χ2v) is 10.7. The predicted octanol–water partition coefficient (Wildman–Crippen LogP) is 5.50. The largest absolute Gasteiger partial charge is 0.464 e. The Morgan fingerprint density at radius 3 is 2.45 bits per heavy atom. The van der Waals surface area contributed by atoms with Crippen LogP contribution >= 0.6 is 11.8 Å². The fourth-order valence-corrected chi connectivity index (χ4v) is 6.74. The summed E-state index contributed by atoms with van der Waals surface area (Å²) in [5.41, 5.74) is 1.00.